The molecule has 1 rings (SSSR count). The Labute approximate surface area is 160 Å². The molecule has 2 N–H and O–H groups in total. The minimum atomic E-state index is 0.414. The summed E-state index contributed by atoms with van der Waals surface area (Å²) in [5.74, 6) is 0.873. The molecule has 0 aliphatic heterocycles. The molecule has 26 heavy (non-hydrogen) atoms. The lowest BCUT2D eigenvalue weighted by atomic mass is 10.1. The Hall–Kier alpha value is -1.59. The van der Waals surface area contributed by atoms with Crippen LogP contribution >= 0.6 is 0 Å². The first kappa shape index (κ1) is 22.5. The molecule has 0 saturated heterocycles. The van der Waals surface area contributed by atoms with Gasteiger partial charge in [0.15, 0.2) is 5.96 Å². The van der Waals surface area contributed by atoms with Gasteiger partial charge in [0, 0.05) is 26.2 Å². The number of nitrogens with zero attached hydrogens (tertiary/aromatic N) is 3. The van der Waals surface area contributed by atoms with E-state index in [1.807, 2.05) is 7.05 Å². The lowest BCUT2D eigenvalue weighted by Gasteiger charge is -2.21. The van der Waals surface area contributed by atoms with Gasteiger partial charge in [-0.1, -0.05) is 38.1 Å². The molecule has 1 aromatic rings. The maximum atomic E-state index is 4.37. The van der Waals surface area contributed by atoms with Gasteiger partial charge in [0.2, 0.25) is 0 Å². The Balaban J connectivity index is 2.40. The summed E-state index contributed by atoms with van der Waals surface area (Å²) in [6, 6.07) is 9.13. The molecule has 148 valence electrons. The van der Waals surface area contributed by atoms with E-state index < -0.39 is 0 Å². The number of benzene rings is 1. The van der Waals surface area contributed by atoms with E-state index >= 15 is 0 Å². The second-order valence-corrected chi connectivity index (χ2v) is 7.20. The van der Waals surface area contributed by atoms with Crippen molar-refractivity contribution in [2.45, 2.75) is 52.7 Å². The average Bonchev–Trinajstić information content (AvgIpc) is 2.62. The van der Waals surface area contributed by atoms with Gasteiger partial charge in [-0.25, -0.2) is 0 Å². The predicted octanol–water partition coefficient (Wildman–Crippen LogP) is 2.92. The minimum absolute atomic E-state index is 0.414. The maximum Gasteiger partial charge on any atom is 0.191 e. The van der Waals surface area contributed by atoms with E-state index in [1.54, 1.807) is 0 Å². The molecule has 0 amide bonds. The van der Waals surface area contributed by atoms with Crippen LogP contribution in [0.15, 0.2) is 29.3 Å². The van der Waals surface area contributed by atoms with E-state index in [0.717, 1.165) is 38.6 Å². The van der Waals surface area contributed by atoms with Crippen molar-refractivity contribution in [2.75, 3.05) is 40.8 Å². The molecule has 0 bridgehead atoms. The molecule has 5 heteroatoms. The van der Waals surface area contributed by atoms with Crippen molar-refractivity contribution < 1.29 is 0 Å². The molecular weight excluding hydrogens is 322 g/mol. The summed E-state index contributed by atoms with van der Waals surface area (Å²) < 4.78 is 0. The quantitative estimate of drug-likeness (QED) is 0.470. The molecule has 0 saturated carbocycles. The summed E-state index contributed by atoms with van der Waals surface area (Å²) in [6.07, 6.45) is 2.36. The monoisotopic (exact) mass is 361 g/mol. The highest BCUT2D eigenvalue weighted by molar-refractivity contribution is 5.79. The van der Waals surface area contributed by atoms with Gasteiger partial charge in [-0.15, -0.1) is 0 Å². The zero-order chi connectivity index (χ0) is 19.4. The molecular formula is C21H39N5. The van der Waals surface area contributed by atoms with Crippen molar-refractivity contribution in [3.05, 3.63) is 35.4 Å². The van der Waals surface area contributed by atoms with Gasteiger partial charge in [0.05, 0.1) is 0 Å². The molecule has 1 aromatic carbocycles. The third kappa shape index (κ3) is 9.20. The molecule has 0 fully saturated rings. The van der Waals surface area contributed by atoms with Crippen molar-refractivity contribution in [3.63, 3.8) is 0 Å². The predicted molar refractivity (Wildman–Crippen MR) is 114 cm³/mol. The molecule has 0 spiro atoms. The topological polar surface area (TPSA) is 42.9 Å². The van der Waals surface area contributed by atoms with Crippen LogP contribution < -0.4 is 10.6 Å². The Morgan fingerprint density at radius 3 is 2.46 bits per heavy atom. The highest BCUT2D eigenvalue weighted by atomic mass is 15.2. The zero-order valence-corrected chi connectivity index (χ0v) is 17.7. The lowest BCUT2D eigenvalue weighted by Crippen LogP contribution is -2.42. The molecule has 0 aliphatic carbocycles. The molecule has 0 radical (unpaired) electrons. The smallest absolute Gasteiger partial charge is 0.191 e. The van der Waals surface area contributed by atoms with Crippen molar-refractivity contribution in [1.29, 1.82) is 0 Å². The summed E-state index contributed by atoms with van der Waals surface area (Å²) in [5, 5.41) is 6.94. The molecule has 5 nitrogen and oxygen atoms in total. The summed E-state index contributed by atoms with van der Waals surface area (Å²) >= 11 is 0. The third-order valence-electron chi connectivity index (χ3n) is 4.56. The SMILES string of the molecule is CCN(CC)CCCC(C)NC(=NC)NCc1cccc(CN(C)C)c1. The Kier molecular flexibility index (Phi) is 11.0. The summed E-state index contributed by atoms with van der Waals surface area (Å²) in [4.78, 5) is 9.03. The second-order valence-electron chi connectivity index (χ2n) is 7.20. The van der Waals surface area contributed by atoms with Crippen molar-refractivity contribution in [1.82, 2.24) is 20.4 Å². The lowest BCUT2D eigenvalue weighted by molar-refractivity contribution is 0.292. The van der Waals surface area contributed by atoms with E-state index in [2.05, 4.69) is 84.6 Å². The largest absolute Gasteiger partial charge is 0.354 e. The number of hydrogen-bond donors (Lipinski definition) is 2. The Bertz CT molecular complexity index is 523. The van der Waals surface area contributed by atoms with Crippen LogP contribution in [0.3, 0.4) is 0 Å². The van der Waals surface area contributed by atoms with Crippen molar-refractivity contribution in [3.8, 4) is 0 Å². The number of guanidine groups is 1. The van der Waals surface area contributed by atoms with E-state index in [0.29, 0.717) is 6.04 Å². The van der Waals surface area contributed by atoms with Gasteiger partial charge >= 0.3 is 0 Å². The number of hydrogen-bond acceptors (Lipinski definition) is 3. The second kappa shape index (κ2) is 12.7. The van der Waals surface area contributed by atoms with Gasteiger partial charge in [-0.05, 0) is 64.6 Å². The van der Waals surface area contributed by atoms with Crippen LogP contribution in [0.2, 0.25) is 0 Å². The Morgan fingerprint density at radius 1 is 1.15 bits per heavy atom. The highest BCUT2D eigenvalue weighted by Gasteiger charge is 2.07. The van der Waals surface area contributed by atoms with Gasteiger partial charge in [0.1, 0.15) is 0 Å². The number of nitrogens with one attached hydrogen (secondary N) is 2. The van der Waals surface area contributed by atoms with Crippen molar-refractivity contribution in [2.24, 2.45) is 4.99 Å². The fourth-order valence-corrected chi connectivity index (χ4v) is 3.05. The summed E-state index contributed by atoms with van der Waals surface area (Å²) in [5.41, 5.74) is 2.61. The minimum Gasteiger partial charge on any atom is -0.354 e. The average molecular weight is 362 g/mol. The number of aliphatic imine (C=N–C) groups is 1. The van der Waals surface area contributed by atoms with Crippen LogP contribution in [0.25, 0.3) is 0 Å². The van der Waals surface area contributed by atoms with Crippen LogP contribution in [0.1, 0.15) is 44.7 Å². The van der Waals surface area contributed by atoms with Crippen LogP contribution in [-0.4, -0.2) is 62.6 Å². The van der Waals surface area contributed by atoms with E-state index in [1.165, 1.54) is 24.1 Å². The third-order valence-corrected chi connectivity index (χ3v) is 4.56. The first-order valence-electron chi connectivity index (χ1n) is 9.90. The maximum absolute atomic E-state index is 4.37. The fourth-order valence-electron chi connectivity index (χ4n) is 3.05. The van der Waals surface area contributed by atoms with Gasteiger partial charge < -0.3 is 20.4 Å². The molecule has 0 aromatic heterocycles. The van der Waals surface area contributed by atoms with Crippen LogP contribution in [-0.2, 0) is 13.1 Å². The zero-order valence-electron chi connectivity index (χ0n) is 17.7. The van der Waals surface area contributed by atoms with Crippen molar-refractivity contribution >= 4 is 5.96 Å². The van der Waals surface area contributed by atoms with Gasteiger partial charge in [-0.3, -0.25) is 4.99 Å². The standard InChI is InChI=1S/C21H39N5/c1-7-26(8-2)14-10-11-18(3)24-21(22-4)23-16-19-12-9-13-20(15-19)17-25(5)6/h9,12-13,15,18H,7-8,10-11,14,16-17H2,1-6H3,(H2,22,23,24). The highest BCUT2D eigenvalue weighted by Crippen LogP contribution is 2.07. The Morgan fingerprint density at radius 2 is 1.85 bits per heavy atom. The first-order valence-corrected chi connectivity index (χ1v) is 9.90. The molecule has 1 unspecified atom stereocenters. The van der Waals surface area contributed by atoms with Gasteiger partial charge in [0.25, 0.3) is 0 Å². The fraction of sp³-hybridized carbons (Fsp3) is 0.667. The van der Waals surface area contributed by atoms with Crippen LogP contribution in [0, 0.1) is 0 Å². The number of rotatable bonds is 11. The van der Waals surface area contributed by atoms with Crippen LogP contribution in [0.4, 0.5) is 0 Å². The molecule has 1 atom stereocenters. The van der Waals surface area contributed by atoms with Gasteiger partial charge in [-0.2, -0.15) is 0 Å². The molecule has 0 aliphatic rings. The summed E-state index contributed by atoms with van der Waals surface area (Å²) in [6.45, 7) is 11.9. The van der Waals surface area contributed by atoms with Crippen LogP contribution in [0.5, 0.6) is 0 Å². The van der Waals surface area contributed by atoms with E-state index in [4.69, 9.17) is 0 Å². The summed E-state index contributed by atoms with van der Waals surface area (Å²) in [7, 11) is 6.02. The first-order chi connectivity index (χ1) is 12.5. The van der Waals surface area contributed by atoms with E-state index in [9.17, 15) is 0 Å². The molecule has 0 heterocycles. The normalized spacial score (nSPS) is 13.3. The van der Waals surface area contributed by atoms with E-state index in [-0.39, 0.29) is 0 Å².